The number of aromatic nitrogens is 2. The normalized spacial score (nSPS) is 21.9. The van der Waals surface area contributed by atoms with Gasteiger partial charge in [0.15, 0.2) is 5.82 Å². The van der Waals surface area contributed by atoms with Gasteiger partial charge in [-0.15, -0.1) is 0 Å². The van der Waals surface area contributed by atoms with E-state index in [1.807, 2.05) is 11.7 Å². The standard InChI is InChI=1S/C13H25N5/c1-9(2)12-11(14)13(17(5)15-12)18-7-6-16(4)10(3)8-18/h9-10H,6-8,14H2,1-5H3. The molecule has 0 saturated carbocycles. The fraction of sp³-hybridized carbons (Fsp3) is 0.769. The molecule has 0 aromatic carbocycles. The van der Waals surface area contributed by atoms with Crippen LogP contribution in [0.2, 0.25) is 0 Å². The summed E-state index contributed by atoms with van der Waals surface area (Å²) in [6, 6.07) is 0.551. The molecular formula is C13H25N5. The Hall–Kier alpha value is -1.23. The summed E-state index contributed by atoms with van der Waals surface area (Å²) >= 11 is 0. The van der Waals surface area contributed by atoms with Crippen LogP contribution in [0, 0.1) is 0 Å². The van der Waals surface area contributed by atoms with Crippen LogP contribution in [0.5, 0.6) is 0 Å². The molecule has 1 fully saturated rings. The summed E-state index contributed by atoms with van der Waals surface area (Å²) < 4.78 is 1.93. The molecule has 102 valence electrons. The molecule has 5 nitrogen and oxygen atoms in total. The highest BCUT2D eigenvalue weighted by Gasteiger charge is 2.26. The lowest BCUT2D eigenvalue weighted by Crippen LogP contribution is -2.50. The molecule has 0 amide bonds. The van der Waals surface area contributed by atoms with Gasteiger partial charge >= 0.3 is 0 Å². The lowest BCUT2D eigenvalue weighted by Gasteiger charge is -2.38. The Balaban J connectivity index is 2.28. The molecule has 1 aromatic heterocycles. The van der Waals surface area contributed by atoms with Gasteiger partial charge in [-0.3, -0.25) is 4.68 Å². The second kappa shape index (κ2) is 4.80. The molecule has 0 radical (unpaired) electrons. The van der Waals surface area contributed by atoms with E-state index in [2.05, 4.69) is 42.7 Å². The molecule has 0 spiro atoms. The largest absolute Gasteiger partial charge is 0.394 e. The molecule has 0 aliphatic carbocycles. The van der Waals surface area contributed by atoms with Crippen molar-refractivity contribution < 1.29 is 0 Å². The van der Waals surface area contributed by atoms with E-state index in [1.54, 1.807) is 0 Å². The Morgan fingerprint density at radius 2 is 1.94 bits per heavy atom. The average molecular weight is 251 g/mol. The summed E-state index contributed by atoms with van der Waals surface area (Å²) in [5.74, 6) is 1.45. The van der Waals surface area contributed by atoms with Crippen LogP contribution in [-0.4, -0.2) is 47.4 Å². The van der Waals surface area contributed by atoms with E-state index in [9.17, 15) is 0 Å². The van der Waals surface area contributed by atoms with Crippen molar-refractivity contribution >= 4 is 11.5 Å². The highest BCUT2D eigenvalue weighted by molar-refractivity contribution is 5.67. The summed E-state index contributed by atoms with van der Waals surface area (Å²) in [6.07, 6.45) is 0. The van der Waals surface area contributed by atoms with Crippen LogP contribution in [0.3, 0.4) is 0 Å². The molecule has 5 heteroatoms. The second-order valence-electron chi connectivity index (χ2n) is 5.68. The molecule has 1 aliphatic heterocycles. The SMILES string of the molecule is CC(C)c1nn(C)c(N2CCN(C)C(C)C2)c1N. The minimum absolute atomic E-state index is 0.370. The third-order valence-electron chi connectivity index (χ3n) is 3.89. The Labute approximate surface area is 110 Å². The maximum absolute atomic E-state index is 6.28. The van der Waals surface area contributed by atoms with E-state index in [4.69, 9.17) is 5.73 Å². The van der Waals surface area contributed by atoms with Gasteiger partial charge < -0.3 is 15.5 Å². The number of nitrogen functional groups attached to an aromatic ring is 1. The monoisotopic (exact) mass is 251 g/mol. The molecule has 2 N–H and O–H groups in total. The van der Waals surface area contributed by atoms with Crippen molar-refractivity contribution in [1.29, 1.82) is 0 Å². The first-order valence-electron chi connectivity index (χ1n) is 6.69. The topological polar surface area (TPSA) is 50.3 Å². The number of anilines is 2. The first-order chi connectivity index (χ1) is 8.41. The lowest BCUT2D eigenvalue weighted by molar-refractivity contribution is 0.233. The van der Waals surface area contributed by atoms with E-state index in [1.165, 1.54) is 0 Å². The first-order valence-corrected chi connectivity index (χ1v) is 6.69. The second-order valence-corrected chi connectivity index (χ2v) is 5.68. The number of piperazine rings is 1. The van der Waals surface area contributed by atoms with Crippen molar-refractivity contribution in [1.82, 2.24) is 14.7 Å². The van der Waals surface area contributed by atoms with Crippen molar-refractivity contribution in [2.45, 2.75) is 32.7 Å². The zero-order valence-corrected chi connectivity index (χ0v) is 12.1. The Bertz CT molecular complexity index is 423. The van der Waals surface area contributed by atoms with Crippen molar-refractivity contribution in [2.75, 3.05) is 37.3 Å². The van der Waals surface area contributed by atoms with Gasteiger partial charge in [-0.2, -0.15) is 5.10 Å². The Morgan fingerprint density at radius 3 is 2.44 bits per heavy atom. The minimum Gasteiger partial charge on any atom is -0.394 e. The van der Waals surface area contributed by atoms with Gasteiger partial charge in [-0.1, -0.05) is 13.8 Å². The van der Waals surface area contributed by atoms with Crippen molar-refractivity contribution in [3.63, 3.8) is 0 Å². The average Bonchev–Trinajstić information content (AvgIpc) is 2.59. The quantitative estimate of drug-likeness (QED) is 0.860. The highest BCUT2D eigenvalue weighted by Crippen LogP contribution is 2.31. The molecule has 1 atom stereocenters. The maximum atomic E-state index is 6.28. The summed E-state index contributed by atoms with van der Waals surface area (Å²) in [6.45, 7) is 9.62. The van der Waals surface area contributed by atoms with Crippen LogP contribution in [0.4, 0.5) is 11.5 Å². The van der Waals surface area contributed by atoms with E-state index in [0.29, 0.717) is 12.0 Å². The predicted molar refractivity (Wildman–Crippen MR) is 76.0 cm³/mol. The molecule has 1 aliphatic rings. The van der Waals surface area contributed by atoms with Crippen LogP contribution < -0.4 is 10.6 Å². The predicted octanol–water partition coefficient (Wildman–Crippen LogP) is 1.27. The van der Waals surface area contributed by atoms with E-state index in [-0.39, 0.29) is 0 Å². The zero-order chi connectivity index (χ0) is 13.4. The molecule has 1 aromatic rings. The summed E-state index contributed by atoms with van der Waals surface area (Å²) in [5.41, 5.74) is 8.14. The van der Waals surface area contributed by atoms with Gasteiger partial charge in [-0.05, 0) is 19.9 Å². The molecular weight excluding hydrogens is 226 g/mol. The van der Waals surface area contributed by atoms with E-state index < -0.39 is 0 Å². The maximum Gasteiger partial charge on any atom is 0.150 e. The first kappa shape index (κ1) is 13.2. The van der Waals surface area contributed by atoms with Crippen molar-refractivity contribution in [2.24, 2.45) is 7.05 Å². The Kier molecular flexibility index (Phi) is 3.52. The van der Waals surface area contributed by atoms with Crippen LogP contribution in [0.1, 0.15) is 32.4 Å². The number of nitrogens with zero attached hydrogens (tertiary/aromatic N) is 4. The van der Waals surface area contributed by atoms with Gasteiger partial charge in [0, 0.05) is 32.7 Å². The Morgan fingerprint density at radius 1 is 1.28 bits per heavy atom. The van der Waals surface area contributed by atoms with Crippen molar-refractivity contribution in [3.8, 4) is 0 Å². The number of aryl methyl sites for hydroxylation is 1. The summed E-state index contributed by atoms with van der Waals surface area (Å²) in [5, 5.41) is 4.57. The molecule has 2 heterocycles. The number of hydrogen-bond donors (Lipinski definition) is 1. The van der Waals surface area contributed by atoms with Crippen LogP contribution in [0.15, 0.2) is 0 Å². The number of rotatable bonds is 2. The third-order valence-corrected chi connectivity index (χ3v) is 3.89. The van der Waals surface area contributed by atoms with E-state index in [0.717, 1.165) is 36.8 Å². The smallest absolute Gasteiger partial charge is 0.150 e. The van der Waals surface area contributed by atoms with Crippen LogP contribution in [-0.2, 0) is 7.05 Å². The fourth-order valence-corrected chi connectivity index (χ4v) is 2.59. The number of likely N-dealkylation sites (N-methyl/N-ethyl adjacent to an activating group) is 1. The molecule has 1 unspecified atom stereocenters. The van der Waals surface area contributed by atoms with Gasteiger partial charge in [0.2, 0.25) is 0 Å². The molecule has 2 rings (SSSR count). The van der Waals surface area contributed by atoms with E-state index >= 15 is 0 Å². The summed E-state index contributed by atoms with van der Waals surface area (Å²) in [4.78, 5) is 4.74. The number of hydrogen-bond acceptors (Lipinski definition) is 4. The van der Waals surface area contributed by atoms with Gasteiger partial charge in [0.1, 0.15) is 0 Å². The highest BCUT2D eigenvalue weighted by atomic mass is 15.4. The van der Waals surface area contributed by atoms with Crippen LogP contribution >= 0.6 is 0 Å². The fourth-order valence-electron chi connectivity index (χ4n) is 2.59. The third kappa shape index (κ3) is 2.19. The van der Waals surface area contributed by atoms with Gasteiger partial charge in [-0.25, -0.2) is 0 Å². The van der Waals surface area contributed by atoms with Gasteiger partial charge in [0.25, 0.3) is 0 Å². The minimum atomic E-state index is 0.370. The number of nitrogens with two attached hydrogens (primary N) is 1. The van der Waals surface area contributed by atoms with Crippen LogP contribution in [0.25, 0.3) is 0 Å². The van der Waals surface area contributed by atoms with Gasteiger partial charge in [0.05, 0.1) is 11.4 Å². The molecule has 0 bridgehead atoms. The molecule has 1 saturated heterocycles. The summed E-state index contributed by atoms with van der Waals surface area (Å²) in [7, 11) is 4.16. The lowest BCUT2D eigenvalue weighted by atomic mass is 10.1. The molecule has 18 heavy (non-hydrogen) atoms. The zero-order valence-electron chi connectivity index (χ0n) is 12.1. The van der Waals surface area contributed by atoms with Crippen molar-refractivity contribution in [3.05, 3.63) is 5.69 Å².